The number of nitrogen functional groups attached to an aromatic ring is 1. The Morgan fingerprint density at radius 3 is 2.39 bits per heavy atom. The molecule has 0 bridgehead atoms. The predicted octanol–water partition coefficient (Wildman–Crippen LogP) is 3.97. The standard InChI is InChI=1S/C23H20N4O3.ClH/c24-17-8-6-16(7-9-17)23(30)25-18-10-11-19-20(13-18)27(14-22(28)29)21(26-19)12-15-4-2-1-3-5-15;/h1-11,13H,12,14,24H2,(H,25,30)(H,28,29);1H. The minimum atomic E-state index is -0.958. The van der Waals surface area contributed by atoms with Crippen LogP contribution >= 0.6 is 12.4 Å². The second-order valence-electron chi connectivity index (χ2n) is 6.95. The zero-order valence-electron chi connectivity index (χ0n) is 16.5. The fourth-order valence-electron chi connectivity index (χ4n) is 3.31. The highest BCUT2D eigenvalue weighted by molar-refractivity contribution is 6.05. The SMILES string of the molecule is Cl.Nc1ccc(C(=O)Nc2ccc3nc(Cc4ccccc4)n(CC(=O)O)c3c2)cc1. The van der Waals surface area contributed by atoms with Gasteiger partial charge < -0.3 is 20.7 Å². The first-order chi connectivity index (χ1) is 14.5. The average Bonchev–Trinajstić information content (AvgIpc) is 3.05. The molecule has 0 spiro atoms. The van der Waals surface area contributed by atoms with Crippen LogP contribution in [-0.2, 0) is 17.8 Å². The Bertz CT molecular complexity index is 1220. The third kappa shape index (κ3) is 5.02. The molecule has 31 heavy (non-hydrogen) atoms. The Kier molecular flexibility index (Phi) is 6.57. The molecule has 0 fully saturated rings. The number of fused-ring (bicyclic) bond motifs is 1. The van der Waals surface area contributed by atoms with E-state index >= 15 is 0 Å². The Hall–Kier alpha value is -3.84. The second kappa shape index (κ2) is 9.32. The molecule has 0 aliphatic carbocycles. The van der Waals surface area contributed by atoms with Gasteiger partial charge in [0.25, 0.3) is 5.91 Å². The lowest BCUT2D eigenvalue weighted by atomic mass is 10.1. The van der Waals surface area contributed by atoms with Crippen LogP contribution in [-0.4, -0.2) is 26.5 Å². The topological polar surface area (TPSA) is 110 Å². The number of carboxylic acids is 1. The molecular formula is C23H21ClN4O3. The number of benzene rings is 3. The fourth-order valence-corrected chi connectivity index (χ4v) is 3.31. The van der Waals surface area contributed by atoms with Gasteiger partial charge in [0.1, 0.15) is 12.4 Å². The number of imidazole rings is 1. The van der Waals surface area contributed by atoms with E-state index in [1.165, 1.54) is 0 Å². The number of carboxylic acid groups (broad SMARTS) is 1. The van der Waals surface area contributed by atoms with Crippen molar-refractivity contribution in [3.8, 4) is 0 Å². The van der Waals surface area contributed by atoms with Crippen LogP contribution < -0.4 is 11.1 Å². The maximum absolute atomic E-state index is 12.5. The summed E-state index contributed by atoms with van der Waals surface area (Å²) in [5.74, 6) is -0.580. The van der Waals surface area contributed by atoms with Crippen molar-refractivity contribution in [3.63, 3.8) is 0 Å². The molecule has 1 heterocycles. The fraction of sp³-hybridized carbons (Fsp3) is 0.0870. The van der Waals surface area contributed by atoms with Gasteiger partial charge in [-0.15, -0.1) is 12.4 Å². The molecule has 0 aliphatic rings. The van der Waals surface area contributed by atoms with Crippen molar-refractivity contribution in [2.75, 3.05) is 11.1 Å². The van der Waals surface area contributed by atoms with Gasteiger partial charge in [-0.1, -0.05) is 30.3 Å². The summed E-state index contributed by atoms with van der Waals surface area (Å²) < 4.78 is 1.67. The molecule has 0 radical (unpaired) electrons. The van der Waals surface area contributed by atoms with Gasteiger partial charge in [-0.3, -0.25) is 9.59 Å². The molecule has 4 rings (SSSR count). The van der Waals surface area contributed by atoms with Gasteiger partial charge in [0.05, 0.1) is 11.0 Å². The highest BCUT2D eigenvalue weighted by Gasteiger charge is 2.15. The van der Waals surface area contributed by atoms with E-state index in [0.29, 0.717) is 40.2 Å². The Morgan fingerprint density at radius 1 is 1.00 bits per heavy atom. The van der Waals surface area contributed by atoms with Crippen molar-refractivity contribution in [1.82, 2.24) is 9.55 Å². The molecular weight excluding hydrogens is 416 g/mol. The summed E-state index contributed by atoms with van der Waals surface area (Å²) in [6.07, 6.45) is 0.510. The Labute approximate surface area is 184 Å². The van der Waals surface area contributed by atoms with E-state index in [0.717, 1.165) is 5.56 Å². The highest BCUT2D eigenvalue weighted by atomic mass is 35.5. The van der Waals surface area contributed by atoms with Crippen LogP contribution in [0.3, 0.4) is 0 Å². The number of anilines is 2. The van der Waals surface area contributed by atoms with E-state index in [-0.39, 0.29) is 24.9 Å². The predicted molar refractivity (Wildman–Crippen MR) is 123 cm³/mol. The summed E-state index contributed by atoms with van der Waals surface area (Å²) in [7, 11) is 0. The molecule has 8 heteroatoms. The molecule has 0 aliphatic heterocycles. The second-order valence-corrected chi connectivity index (χ2v) is 6.95. The number of nitrogens with two attached hydrogens (primary N) is 1. The maximum atomic E-state index is 12.5. The minimum absolute atomic E-state index is 0. The van der Waals surface area contributed by atoms with Gasteiger partial charge in [-0.05, 0) is 48.0 Å². The highest BCUT2D eigenvalue weighted by Crippen LogP contribution is 2.23. The first-order valence-electron chi connectivity index (χ1n) is 9.41. The lowest BCUT2D eigenvalue weighted by molar-refractivity contribution is -0.137. The van der Waals surface area contributed by atoms with Crippen molar-refractivity contribution in [3.05, 3.63) is 89.7 Å². The van der Waals surface area contributed by atoms with Crippen LogP contribution in [0.5, 0.6) is 0 Å². The molecule has 0 unspecified atom stereocenters. The van der Waals surface area contributed by atoms with Crippen molar-refractivity contribution in [2.24, 2.45) is 0 Å². The molecule has 158 valence electrons. The smallest absolute Gasteiger partial charge is 0.323 e. The van der Waals surface area contributed by atoms with E-state index in [2.05, 4.69) is 10.3 Å². The number of hydrogen-bond acceptors (Lipinski definition) is 4. The third-order valence-electron chi connectivity index (χ3n) is 4.76. The first kappa shape index (κ1) is 21.9. The Morgan fingerprint density at radius 2 is 1.71 bits per heavy atom. The van der Waals surface area contributed by atoms with Crippen LogP contribution in [0.2, 0.25) is 0 Å². The summed E-state index contributed by atoms with van der Waals surface area (Å²) in [6, 6.07) is 21.6. The number of amides is 1. The van der Waals surface area contributed by atoms with Gasteiger partial charge in [-0.2, -0.15) is 0 Å². The molecule has 1 amide bonds. The van der Waals surface area contributed by atoms with Crippen molar-refractivity contribution in [1.29, 1.82) is 0 Å². The number of aromatic nitrogens is 2. The van der Waals surface area contributed by atoms with E-state index in [1.54, 1.807) is 47.0 Å². The van der Waals surface area contributed by atoms with Gasteiger partial charge >= 0.3 is 5.97 Å². The van der Waals surface area contributed by atoms with Crippen LogP contribution in [0.1, 0.15) is 21.7 Å². The summed E-state index contributed by atoms with van der Waals surface area (Å²) in [5, 5.41) is 12.2. The van der Waals surface area contributed by atoms with Gasteiger partial charge in [0.2, 0.25) is 0 Å². The molecule has 7 nitrogen and oxygen atoms in total. The molecule has 0 saturated carbocycles. The number of rotatable bonds is 6. The van der Waals surface area contributed by atoms with Gasteiger partial charge in [0, 0.05) is 23.4 Å². The molecule has 4 N–H and O–H groups in total. The monoisotopic (exact) mass is 436 g/mol. The maximum Gasteiger partial charge on any atom is 0.323 e. The minimum Gasteiger partial charge on any atom is -0.480 e. The van der Waals surface area contributed by atoms with E-state index in [1.807, 2.05) is 30.3 Å². The number of halogens is 1. The first-order valence-corrected chi connectivity index (χ1v) is 9.41. The summed E-state index contributed by atoms with van der Waals surface area (Å²) >= 11 is 0. The normalized spacial score (nSPS) is 10.5. The molecule has 4 aromatic rings. The number of carbonyl (C=O) groups excluding carboxylic acids is 1. The largest absolute Gasteiger partial charge is 0.480 e. The quantitative estimate of drug-likeness (QED) is 0.396. The lowest BCUT2D eigenvalue weighted by Gasteiger charge is -2.09. The van der Waals surface area contributed by atoms with Gasteiger partial charge in [0.15, 0.2) is 0 Å². The van der Waals surface area contributed by atoms with Crippen molar-refractivity contribution >= 4 is 46.7 Å². The molecule has 0 saturated heterocycles. The zero-order valence-corrected chi connectivity index (χ0v) is 17.3. The van der Waals surface area contributed by atoms with Crippen molar-refractivity contribution < 1.29 is 14.7 Å². The van der Waals surface area contributed by atoms with Crippen LogP contribution in [0.15, 0.2) is 72.8 Å². The lowest BCUT2D eigenvalue weighted by Crippen LogP contribution is -2.13. The van der Waals surface area contributed by atoms with Crippen LogP contribution in [0.4, 0.5) is 11.4 Å². The molecule has 1 aromatic heterocycles. The number of nitrogens with one attached hydrogen (secondary N) is 1. The number of hydrogen-bond donors (Lipinski definition) is 3. The summed E-state index contributed by atoms with van der Waals surface area (Å²) in [6.45, 7) is -0.214. The number of aliphatic carboxylic acids is 1. The zero-order chi connectivity index (χ0) is 21.1. The number of nitrogens with zero attached hydrogens (tertiary/aromatic N) is 2. The van der Waals surface area contributed by atoms with E-state index in [4.69, 9.17) is 5.73 Å². The van der Waals surface area contributed by atoms with Crippen LogP contribution in [0.25, 0.3) is 11.0 Å². The number of carbonyl (C=O) groups is 2. The van der Waals surface area contributed by atoms with E-state index in [9.17, 15) is 14.7 Å². The summed E-state index contributed by atoms with van der Waals surface area (Å²) in [5.41, 5.74) is 9.65. The molecule has 0 atom stereocenters. The third-order valence-corrected chi connectivity index (χ3v) is 4.76. The summed E-state index contributed by atoms with van der Waals surface area (Å²) in [4.78, 5) is 28.6. The van der Waals surface area contributed by atoms with E-state index < -0.39 is 5.97 Å². The van der Waals surface area contributed by atoms with Gasteiger partial charge in [-0.25, -0.2) is 4.98 Å². The molecule has 3 aromatic carbocycles. The van der Waals surface area contributed by atoms with Crippen LogP contribution in [0, 0.1) is 0 Å². The Balaban J connectivity index is 0.00000272. The average molecular weight is 437 g/mol. The van der Waals surface area contributed by atoms with Crippen molar-refractivity contribution in [2.45, 2.75) is 13.0 Å².